The average molecular weight is 436 g/mol. The number of anilines is 1. The first-order valence-corrected chi connectivity index (χ1v) is 11.7. The summed E-state index contributed by atoms with van der Waals surface area (Å²) in [6.45, 7) is 2.11. The molecule has 2 aromatic carbocycles. The van der Waals surface area contributed by atoms with Crippen molar-refractivity contribution in [1.29, 1.82) is 0 Å². The van der Waals surface area contributed by atoms with E-state index < -0.39 is 10.0 Å². The number of hydrogen-bond acceptors (Lipinski definition) is 5. The van der Waals surface area contributed by atoms with Crippen molar-refractivity contribution in [2.24, 2.45) is 14.1 Å². The summed E-state index contributed by atoms with van der Waals surface area (Å²) in [6, 6.07) is 9.82. The summed E-state index contributed by atoms with van der Waals surface area (Å²) >= 11 is 1.58. The fourth-order valence-corrected chi connectivity index (χ4v) is 5.26. The lowest BCUT2D eigenvalue weighted by Gasteiger charge is -2.14. The summed E-state index contributed by atoms with van der Waals surface area (Å²) in [7, 11) is 1.13. The van der Waals surface area contributed by atoms with Crippen LogP contribution in [0.3, 0.4) is 0 Å². The van der Waals surface area contributed by atoms with Gasteiger partial charge in [0, 0.05) is 19.0 Å². The lowest BCUT2D eigenvalue weighted by Crippen LogP contribution is -2.19. The van der Waals surface area contributed by atoms with Crippen LogP contribution >= 0.6 is 11.8 Å². The third kappa shape index (κ3) is 4.30. The second-order valence-electron chi connectivity index (χ2n) is 6.72. The molecule has 0 radical (unpaired) electrons. The second-order valence-corrected chi connectivity index (χ2v) is 9.54. The van der Waals surface area contributed by atoms with Gasteiger partial charge in [0.15, 0.2) is 0 Å². The van der Waals surface area contributed by atoms with Gasteiger partial charge < -0.3 is 4.74 Å². The predicted molar refractivity (Wildman–Crippen MR) is 118 cm³/mol. The van der Waals surface area contributed by atoms with Gasteiger partial charge in [-0.25, -0.2) is 13.2 Å². The SMILES string of the molecule is CCCCSc1cc2c(cc1NS(=O)(=O)c1ccc(OC)cc1)n(C)c(=O)n2C. The molecule has 0 aliphatic rings. The Morgan fingerprint density at radius 2 is 1.69 bits per heavy atom. The van der Waals surface area contributed by atoms with Crippen molar-refractivity contribution >= 4 is 38.5 Å². The highest BCUT2D eigenvalue weighted by molar-refractivity contribution is 7.99. The molecule has 0 bridgehead atoms. The van der Waals surface area contributed by atoms with E-state index in [-0.39, 0.29) is 10.6 Å². The molecule has 7 nitrogen and oxygen atoms in total. The van der Waals surface area contributed by atoms with Crippen LogP contribution < -0.4 is 15.1 Å². The Morgan fingerprint density at radius 3 is 2.28 bits per heavy atom. The first-order valence-electron chi connectivity index (χ1n) is 9.27. The van der Waals surface area contributed by atoms with Crippen molar-refractivity contribution in [2.45, 2.75) is 29.6 Å². The van der Waals surface area contributed by atoms with Gasteiger partial charge in [-0.1, -0.05) is 13.3 Å². The Bertz CT molecular complexity index is 1180. The molecule has 29 heavy (non-hydrogen) atoms. The number of hydrogen-bond donors (Lipinski definition) is 1. The number of rotatable bonds is 8. The summed E-state index contributed by atoms with van der Waals surface area (Å²) in [5.74, 6) is 1.44. The number of imidazole rings is 1. The Hall–Kier alpha value is -2.39. The van der Waals surface area contributed by atoms with E-state index in [0.717, 1.165) is 29.0 Å². The van der Waals surface area contributed by atoms with Gasteiger partial charge in [0.05, 0.1) is 28.7 Å². The van der Waals surface area contributed by atoms with E-state index in [9.17, 15) is 13.2 Å². The van der Waals surface area contributed by atoms with E-state index in [4.69, 9.17) is 4.74 Å². The molecule has 156 valence electrons. The second kappa shape index (κ2) is 8.54. The van der Waals surface area contributed by atoms with E-state index in [1.807, 2.05) is 6.07 Å². The normalized spacial score (nSPS) is 11.7. The van der Waals surface area contributed by atoms with Gasteiger partial charge in [0.1, 0.15) is 5.75 Å². The van der Waals surface area contributed by atoms with E-state index in [2.05, 4.69) is 11.6 Å². The quantitative estimate of drug-likeness (QED) is 0.432. The van der Waals surface area contributed by atoms with Gasteiger partial charge in [-0.2, -0.15) is 0 Å². The Kier molecular flexibility index (Phi) is 6.28. The van der Waals surface area contributed by atoms with Crippen LogP contribution in [0.4, 0.5) is 5.69 Å². The molecular formula is C20H25N3O4S2. The molecule has 0 spiro atoms. The molecule has 3 aromatic rings. The van der Waals surface area contributed by atoms with Crippen LogP contribution in [-0.2, 0) is 24.1 Å². The van der Waals surface area contributed by atoms with Crippen LogP contribution in [0.1, 0.15) is 19.8 Å². The zero-order valence-corrected chi connectivity index (χ0v) is 18.6. The maximum Gasteiger partial charge on any atom is 0.328 e. The van der Waals surface area contributed by atoms with Crippen molar-refractivity contribution in [3.8, 4) is 5.75 Å². The Morgan fingerprint density at radius 1 is 1.07 bits per heavy atom. The maximum absolute atomic E-state index is 12.9. The molecule has 0 fully saturated rings. The third-order valence-electron chi connectivity index (χ3n) is 4.74. The fourth-order valence-electron chi connectivity index (χ4n) is 3.01. The maximum atomic E-state index is 12.9. The van der Waals surface area contributed by atoms with Gasteiger partial charge in [0.2, 0.25) is 0 Å². The summed E-state index contributed by atoms with van der Waals surface area (Å²) in [6.07, 6.45) is 2.06. The van der Waals surface area contributed by atoms with Crippen LogP contribution in [0.2, 0.25) is 0 Å². The van der Waals surface area contributed by atoms with Gasteiger partial charge >= 0.3 is 5.69 Å². The number of unbranched alkanes of at least 4 members (excludes halogenated alkanes) is 1. The van der Waals surface area contributed by atoms with Crippen LogP contribution in [0, 0.1) is 0 Å². The standard InChI is InChI=1S/C20H25N3O4S2/c1-5-6-11-28-19-13-18-17(22(2)20(24)23(18)3)12-16(19)21-29(25,26)15-9-7-14(27-4)8-10-15/h7-10,12-13,21H,5-6,11H2,1-4H3. The number of thioether (sulfide) groups is 1. The number of benzene rings is 2. The minimum atomic E-state index is -3.79. The lowest BCUT2D eigenvalue weighted by atomic mass is 10.3. The monoisotopic (exact) mass is 435 g/mol. The van der Waals surface area contributed by atoms with Crippen molar-refractivity contribution in [3.63, 3.8) is 0 Å². The first kappa shape index (κ1) is 21.3. The third-order valence-corrected chi connectivity index (χ3v) is 7.27. The van der Waals surface area contributed by atoms with Crippen LogP contribution in [0.5, 0.6) is 5.75 Å². The predicted octanol–water partition coefficient (Wildman–Crippen LogP) is 3.58. The lowest BCUT2D eigenvalue weighted by molar-refractivity contribution is 0.414. The molecular weight excluding hydrogens is 410 g/mol. The highest BCUT2D eigenvalue weighted by Crippen LogP contribution is 2.33. The van der Waals surface area contributed by atoms with E-state index in [0.29, 0.717) is 17.0 Å². The number of nitrogens with zero attached hydrogens (tertiary/aromatic N) is 2. The molecule has 0 unspecified atom stereocenters. The molecule has 3 rings (SSSR count). The van der Waals surface area contributed by atoms with Crippen LogP contribution in [0.15, 0.2) is 51.0 Å². The first-order chi connectivity index (χ1) is 13.8. The number of sulfonamides is 1. The summed E-state index contributed by atoms with van der Waals surface area (Å²) in [4.78, 5) is 13.2. The van der Waals surface area contributed by atoms with Gasteiger partial charge in [-0.15, -0.1) is 11.8 Å². The van der Waals surface area contributed by atoms with Crippen molar-refractivity contribution in [2.75, 3.05) is 17.6 Å². The number of fused-ring (bicyclic) bond motifs is 1. The molecule has 0 amide bonds. The van der Waals surface area contributed by atoms with E-state index in [1.54, 1.807) is 48.6 Å². The largest absolute Gasteiger partial charge is 0.497 e. The molecule has 9 heteroatoms. The van der Waals surface area contributed by atoms with E-state index in [1.165, 1.54) is 23.8 Å². The Balaban J connectivity index is 2.06. The summed E-state index contributed by atoms with van der Waals surface area (Å²) in [5, 5.41) is 0. The summed E-state index contributed by atoms with van der Waals surface area (Å²) in [5.41, 5.74) is 1.75. The van der Waals surface area contributed by atoms with Crippen LogP contribution in [0.25, 0.3) is 11.0 Å². The minimum Gasteiger partial charge on any atom is -0.497 e. The highest BCUT2D eigenvalue weighted by atomic mass is 32.2. The number of ether oxygens (including phenoxy) is 1. The Labute approximate surface area is 174 Å². The smallest absolute Gasteiger partial charge is 0.328 e. The number of methoxy groups -OCH3 is 1. The topological polar surface area (TPSA) is 82.3 Å². The molecule has 0 atom stereocenters. The van der Waals surface area contributed by atoms with Crippen molar-refractivity contribution in [1.82, 2.24) is 9.13 Å². The molecule has 0 saturated carbocycles. The van der Waals surface area contributed by atoms with Gasteiger partial charge in [-0.3, -0.25) is 13.9 Å². The molecule has 0 aliphatic carbocycles. The number of nitrogens with one attached hydrogen (secondary N) is 1. The highest BCUT2D eigenvalue weighted by Gasteiger charge is 2.19. The zero-order valence-electron chi connectivity index (χ0n) is 16.9. The zero-order chi connectivity index (χ0) is 21.2. The molecule has 0 saturated heterocycles. The molecule has 1 heterocycles. The summed E-state index contributed by atoms with van der Waals surface area (Å²) < 4.78 is 36.8. The minimum absolute atomic E-state index is 0.143. The number of aromatic nitrogens is 2. The van der Waals surface area contributed by atoms with Crippen molar-refractivity contribution < 1.29 is 13.2 Å². The van der Waals surface area contributed by atoms with E-state index >= 15 is 0 Å². The molecule has 0 aliphatic heterocycles. The molecule has 1 N–H and O–H groups in total. The van der Waals surface area contributed by atoms with Crippen LogP contribution in [-0.4, -0.2) is 30.4 Å². The number of aryl methyl sites for hydroxylation is 2. The van der Waals surface area contributed by atoms with Crippen molar-refractivity contribution in [3.05, 3.63) is 46.9 Å². The van der Waals surface area contributed by atoms with Gasteiger partial charge in [0.25, 0.3) is 10.0 Å². The fraction of sp³-hybridized carbons (Fsp3) is 0.350. The molecule has 1 aromatic heterocycles. The van der Waals surface area contributed by atoms with Gasteiger partial charge in [-0.05, 0) is 48.6 Å². The average Bonchev–Trinajstić information content (AvgIpc) is 2.92.